The molecule has 3 aliphatic heterocycles. The average Bonchev–Trinajstić information content (AvgIpc) is 3.33. The van der Waals surface area contributed by atoms with E-state index < -0.39 is 0 Å². The summed E-state index contributed by atoms with van der Waals surface area (Å²) in [5.74, 6) is 0. The molecule has 0 aliphatic carbocycles. The SMILES string of the molecule is Clc1ccc(C2CC3(CC(c4ccc(Cl)cc4)N2)SSC2(CC(c4ccc(Cl)cc4)NC(c4ccc(Cl)cc4)C2)S3)cc1. The minimum Gasteiger partial charge on any atom is -0.303 e. The van der Waals surface area contributed by atoms with E-state index >= 15 is 0 Å². The van der Waals surface area contributed by atoms with Crippen LogP contribution in [-0.2, 0) is 0 Å². The lowest BCUT2D eigenvalue weighted by Crippen LogP contribution is -2.44. The maximum Gasteiger partial charge on any atom is 0.0765 e. The lowest BCUT2D eigenvalue weighted by molar-refractivity contribution is 0.312. The Morgan fingerprint density at radius 1 is 0.419 bits per heavy atom. The molecule has 4 atom stereocenters. The first-order valence-corrected chi connectivity index (χ1v) is 18.9. The molecule has 43 heavy (non-hydrogen) atoms. The lowest BCUT2D eigenvalue weighted by Gasteiger charge is -2.46. The van der Waals surface area contributed by atoms with E-state index in [0.29, 0.717) is 0 Å². The fourth-order valence-electron chi connectivity index (χ4n) is 6.60. The summed E-state index contributed by atoms with van der Waals surface area (Å²) in [6.07, 6.45) is 4.14. The molecule has 3 saturated heterocycles. The highest BCUT2D eigenvalue weighted by Crippen LogP contribution is 2.74. The van der Waals surface area contributed by atoms with Crippen LogP contribution in [-0.4, -0.2) is 8.16 Å². The van der Waals surface area contributed by atoms with Gasteiger partial charge in [-0.15, -0.1) is 11.8 Å². The Morgan fingerprint density at radius 2 is 0.651 bits per heavy atom. The fourth-order valence-corrected chi connectivity index (χ4v) is 14.4. The number of nitrogens with one attached hydrogen (secondary N) is 2. The second-order valence-electron chi connectivity index (χ2n) is 11.7. The normalized spacial score (nSPS) is 30.6. The van der Waals surface area contributed by atoms with Crippen molar-refractivity contribution < 1.29 is 0 Å². The highest BCUT2D eigenvalue weighted by atomic mass is 35.5. The monoisotopic (exact) mass is 702 g/mol. The van der Waals surface area contributed by atoms with Crippen molar-refractivity contribution >= 4 is 79.8 Å². The molecule has 0 bridgehead atoms. The summed E-state index contributed by atoms with van der Waals surface area (Å²) in [5.41, 5.74) is 5.10. The second kappa shape index (κ2) is 12.7. The Hall–Kier alpha value is -0.990. The first-order chi connectivity index (χ1) is 20.8. The molecule has 4 aromatic rings. The molecule has 2 N–H and O–H groups in total. The number of thioether (sulfide) groups is 1. The number of benzene rings is 4. The standard InChI is InChI=1S/C34H30Cl4N2S3/c35-25-9-1-21(2-10-25)29-17-33(18-30(39-29)22-3-11-26(36)12-4-22)41-34(43-42-33)19-31(23-5-13-27(37)14-6-23)40-32(20-34)24-7-15-28(38)16-8-24/h1-16,29-32,39-40H,17-20H2. The second-order valence-corrected chi connectivity index (χ2v) is 18.6. The van der Waals surface area contributed by atoms with Gasteiger partial charge in [0, 0.05) is 44.3 Å². The summed E-state index contributed by atoms with van der Waals surface area (Å²) in [7, 11) is 4.18. The van der Waals surface area contributed by atoms with E-state index in [9.17, 15) is 0 Å². The van der Waals surface area contributed by atoms with Crippen LogP contribution >= 0.6 is 79.8 Å². The van der Waals surface area contributed by atoms with Crippen LogP contribution in [0.1, 0.15) is 72.1 Å². The maximum atomic E-state index is 6.29. The van der Waals surface area contributed by atoms with Gasteiger partial charge in [0.2, 0.25) is 0 Å². The van der Waals surface area contributed by atoms with Crippen LogP contribution in [0.4, 0.5) is 0 Å². The minimum atomic E-state index is 0.0386. The van der Waals surface area contributed by atoms with E-state index in [1.165, 1.54) is 22.3 Å². The highest BCUT2D eigenvalue weighted by molar-refractivity contribution is 8.83. The number of halogens is 4. The van der Waals surface area contributed by atoms with E-state index in [4.69, 9.17) is 46.4 Å². The molecular weight excluding hydrogens is 674 g/mol. The van der Waals surface area contributed by atoms with Crippen LogP contribution in [0.5, 0.6) is 0 Å². The smallest absolute Gasteiger partial charge is 0.0765 e. The van der Waals surface area contributed by atoms with Gasteiger partial charge < -0.3 is 10.6 Å². The third-order valence-electron chi connectivity index (χ3n) is 8.67. The van der Waals surface area contributed by atoms with Gasteiger partial charge in [-0.05, 0) is 96.5 Å². The molecule has 0 radical (unpaired) electrons. The van der Waals surface area contributed by atoms with Gasteiger partial charge in [-0.2, -0.15) is 0 Å². The third-order valence-corrected chi connectivity index (χ3v) is 16.2. The predicted octanol–water partition coefficient (Wildman–Crippen LogP) is 11.9. The van der Waals surface area contributed by atoms with Crippen LogP contribution in [0.3, 0.4) is 0 Å². The molecule has 0 amide bonds. The van der Waals surface area contributed by atoms with E-state index in [1.807, 2.05) is 48.5 Å². The van der Waals surface area contributed by atoms with Gasteiger partial charge in [0.15, 0.2) is 0 Å². The van der Waals surface area contributed by atoms with Crippen molar-refractivity contribution in [3.8, 4) is 0 Å². The number of rotatable bonds is 4. The van der Waals surface area contributed by atoms with Crippen molar-refractivity contribution in [3.05, 3.63) is 139 Å². The van der Waals surface area contributed by atoms with Crippen molar-refractivity contribution in [2.75, 3.05) is 0 Å². The molecule has 0 saturated carbocycles. The van der Waals surface area contributed by atoms with Gasteiger partial charge in [0.05, 0.1) is 8.16 Å². The molecule has 3 heterocycles. The summed E-state index contributed by atoms with van der Waals surface area (Å²) < 4.78 is 0.0773. The summed E-state index contributed by atoms with van der Waals surface area (Å²) in [5, 5.41) is 11.0. The summed E-state index contributed by atoms with van der Waals surface area (Å²) >= 11 is 27.4. The molecule has 4 aromatic carbocycles. The number of hydrogen-bond donors (Lipinski definition) is 2. The van der Waals surface area contributed by atoms with Gasteiger partial charge in [-0.1, -0.05) is 117 Å². The molecule has 3 fully saturated rings. The van der Waals surface area contributed by atoms with E-state index in [-0.39, 0.29) is 32.3 Å². The summed E-state index contributed by atoms with van der Waals surface area (Å²) in [6, 6.07) is 34.2. The molecule has 2 spiro atoms. The first-order valence-electron chi connectivity index (χ1n) is 14.4. The Labute approximate surface area is 285 Å². The third kappa shape index (κ3) is 6.77. The molecule has 9 heteroatoms. The average molecular weight is 705 g/mol. The zero-order valence-electron chi connectivity index (χ0n) is 23.1. The fraction of sp³-hybridized carbons (Fsp3) is 0.294. The van der Waals surface area contributed by atoms with Crippen molar-refractivity contribution in [1.29, 1.82) is 0 Å². The molecule has 222 valence electrons. The van der Waals surface area contributed by atoms with E-state index in [0.717, 1.165) is 45.8 Å². The Kier molecular flexibility index (Phi) is 9.02. The van der Waals surface area contributed by atoms with Crippen molar-refractivity contribution in [1.82, 2.24) is 10.6 Å². The van der Waals surface area contributed by atoms with Crippen LogP contribution in [0.25, 0.3) is 0 Å². The Morgan fingerprint density at radius 3 is 0.884 bits per heavy atom. The lowest BCUT2D eigenvalue weighted by atomic mass is 9.89. The highest BCUT2D eigenvalue weighted by Gasteiger charge is 2.57. The molecular formula is C34H30Cl4N2S3. The quantitative estimate of drug-likeness (QED) is 0.206. The predicted molar refractivity (Wildman–Crippen MR) is 190 cm³/mol. The van der Waals surface area contributed by atoms with Crippen molar-refractivity contribution in [3.63, 3.8) is 0 Å². The van der Waals surface area contributed by atoms with Gasteiger partial charge in [-0.3, -0.25) is 0 Å². The van der Waals surface area contributed by atoms with E-state index in [2.05, 4.69) is 92.5 Å². The van der Waals surface area contributed by atoms with Crippen LogP contribution < -0.4 is 10.6 Å². The molecule has 0 aromatic heterocycles. The van der Waals surface area contributed by atoms with Crippen molar-refractivity contribution in [2.45, 2.75) is 58.0 Å². The van der Waals surface area contributed by atoms with Gasteiger partial charge in [0.25, 0.3) is 0 Å². The van der Waals surface area contributed by atoms with Crippen LogP contribution in [0.2, 0.25) is 20.1 Å². The zero-order chi connectivity index (χ0) is 29.6. The molecule has 7 rings (SSSR count). The molecule has 4 unspecified atom stereocenters. The summed E-state index contributed by atoms with van der Waals surface area (Å²) in [6.45, 7) is 0. The Balaban J connectivity index is 1.23. The topological polar surface area (TPSA) is 24.1 Å². The number of piperidine rings is 2. The molecule has 2 nitrogen and oxygen atoms in total. The van der Waals surface area contributed by atoms with E-state index in [1.54, 1.807) is 0 Å². The first kappa shape index (κ1) is 30.7. The van der Waals surface area contributed by atoms with Gasteiger partial charge >= 0.3 is 0 Å². The largest absolute Gasteiger partial charge is 0.303 e. The summed E-state index contributed by atoms with van der Waals surface area (Å²) in [4.78, 5) is 0. The van der Waals surface area contributed by atoms with Gasteiger partial charge in [0.1, 0.15) is 0 Å². The van der Waals surface area contributed by atoms with Crippen LogP contribution in [0, 0.1) is 0 Å². The van der Waals surface area contributed by atoms with Gasteiger partial charge in [-0.25, -0.2) is 0 Å². The Bertz CT molecular complexity index is 1340. The number of hydrogen-bond acceptors (Lipinski definition) is 5. The molecule has 3 aliphatic rings. The maximum absolute atomic E-state index is 6.29. The van der Waals surface area contributed by atoms with Crippen LogP contribution in [0.15, 0.2) is 97.1 Å². The minimum absolute atomic E-state index is 0.0386. The van der Waals surface area contributed by atoms with Crippen molar-refractivity contribution in [2.24, 2.45) is 0 Å². The zero-order valence-corrected chi connectivity index (χ0v) is 28.6.